The number of carbonyl (C=O) groups is 1. The molecule has 0 spiro atoms. The Labute approximate surface area is 199 Å². The lowest BCUT2D eigenvalue weighted by Crippen LogP contribution is -2.41. The zero-order valence-electron chi connectivity index (χ0n) is 19.9. The van der Waals surface area contributed by atoms with E-state index in [1.165, 1.54) is 11.3 Å². The number of fused-ring (bicyclic) bond motifs is 1. The Morgan fingerprint density at radius 3 is 2.18 bits per heavy atom. The molecule has 2 aromatic carbocycles. The van der Waals surface area contributed by atoms with Crippen molar-refractivity contribution >= 4 is 32.6 Å². The van der Waals surface area contributed by atoms with Crippen LogP contribution >= 0.6 is 11.3 Å². The number of rotatable bonds is 13. The molecule has 0 aliphatic heterocycles. The monoisotopic (exact) mass is 471 g/mol. The fraction of sp³-hybridized carbons (Fsp3) is 0.440. The maximum Gasteiger partial charge on any atom is 0.266 e. The van der Waals surface area contributed by atoms with Crippen LogP contribution in [0.15, 0.2) is 42.5 Å². The number of benzene rings is 2. The maximum atomic E-state index is 13.3. The second-order valence-corrected chi connectivity index (χ2v) is 8.31. The summed E-state index contributed by atoms with van der Waals surface area (Å²) in [6.07, 6.45) is 0. The third-order valence-corrected chi connectivity index (χ3v) is 6.28. The molecule has 7 nitrogen and oxygen atoms in total. The SMILES string of the molecule is CCOc1ccc(OCC(=O)N(CCN(CC)CC)c2nc3c(OCC)cccc3s2)cc1. The van der Waals surface area contributed by atoms with E-state index in [-0.39, 0.29) is 12.5 Å². The van der Waals surface area contributed by atoms with Crippen molar-refractivity contribution in [2.45, 2.75) is 27.7 Å². The molecule has 0 unspecified atom stereocenters. The van der Waals surface area contributed by atoms with Gasteiger partial charge in [-0.25, -0.2) is 4.98 Å². The molecule has 0 aliphatic rings. The number of nitrogens with zero attached hydrogens (tertiary/aromatic N) is 3. The summed E-state index contributed by atoms with van der Waals surface area (Å²) >= 11 is 1.49. The zero-order chi connectivity index (χ0) is 23.6. The fourth-order valence-electron chi connectivity index (χ4n) is 3.43. The van der Waals surface area contributed by atoms with Crippen molar-refractivity contribution in [3.63, 3.8) is 0 Å². The number of aromatic nitrogens is 1. The van der Waals surface area contributed by atoms with E-state index in [9.17, 15) is 4.79 Å². The Morgan fingerprint density at radius 2 is 1.55 bits per heavy atom. The summed E-state index contributed by atoms with van der Waals surface area (Å²) in [6.45, 7) is 12.4. The number of hydrogen-bond donors (Lipinski definition) is 0. The standard InChI is InChI=1S/C25H33N3O4S/c1-5-27(6-2)16-17-28(23(29)18-32-20-14-12-19(13-15-20)30-7-3)25-26-24-21(31-8-4)10-9-11-22(24)33-25/h9-15H,5-8,16-18H2,1-4H3. The molecule has 1 heterocycles. The van der Waals surface area contributed by atoms with Gasteiger partial charge in [0, 0.05) is 13.1 Å². The fourth-order valence-corrected chi connectivity index (χ4v) is 4.46. The molecule has 33 heavy (non-hydrogen) atoms. The predicted molar refractivity (Wildman–Crippen MR) is 134 cm³/mol. The quantitative estimate of drug-likeness (QED) is 0.355. The molecule has 3 aromatic rings. The minimum atomic E-state index is -0.131. The number of ether oxygens (including phenoxy) is 3. The van der Waals surface area contributed by atoms with Crippen LogP contribution in [0.4, 0.5) is 5.13 Å². The van der Waals surface area contributed by atoms with Crippen LogP contribution < -0.4 is 19.1 Å². The van der Waals surface area contributed by atoms with Gasteiger partial charge in [-0.3, -0.25) is 9.69 Å². The van der Waals surface area contributed by atoms with E-state index in [0.717, 1.165) is 41.3 Å². The minimum Gasteiger partial charge on any atom is -0.494 e. The highest BCUT2D eigenvalue weighted by Crippen LogP contribution is 2.34. The molecule has 0 atom stereocenters. The summed E-state index contributed by atoms with van der Waals surface area (Å²) in [4.78, 5) is 22.0. The molecule has 178 valence electrons. The first-order chi connectivity index (χ1) is 16.1. The molecule has 0 bridgehead atoms. The van der Waals surface area contributed by atoms with Gasteiger partial charge in [0.2, 0.25) is 0 Å². The van der Waals surface area contributed by atoms with E-state index in [2.05, 4.69) is 18.7 Å². The number of para-hydroxylation sites is 1. The van der Waals surface area contributed by atoms with Crippen LogP contribution in [0.2, 0.25) is 0 Å². The molecule has 3 rings (SSSR count). The van der Waals surface area contributed by atoms with Gasteiger partial charge in [-0.1, -0.05) is 31.3 Å². The highest BCUT2D eigenvalue weighted by Gasteiger charge is 2.22. The van der Waals surface area contributed by atoms with E-state index in [1.54, 1.807) is 4.90 Å². The highest BCUT2D eigenvalue weighted by atomic mass is 32.1. The summed E-state index contributed by atoms with van der Waals surface area (Å²) in [5.41, 5.74) is 0.785. The van der Waals surface area contributed by atoms with Crippen molar-refractivity contribution in [3.05, 3.63) is 42.5 Å². The summed E-state index contributed by atoms with van der Waals surface area (Å²) < 4.78 is 18.0. The smallest absolute Gasteiger partial charge is 0.266 e. The molecule has 1 aromatic heterocycles. The second kappa shape index (κ2) is 12.4. The second-order valence-electron chi connectivity index (χ2n) is 7.30. The van der Waals surface area contributed by atoms with Crippen molar-refractivity contribution in [2.24, 2.45) is 0 Å². The Bertz CT molecular complexity index is 1020. The van der Waals surface area contributed by atoms with Crippen molar-refractivity contribution in [3.8, 4) is 17.2 Å². The average molecular weight is 472 g/mol. The van der Waals surface area contributed by atoms with Crippen LogP contribution in [-0.4, -0.2) is 61.8 Å². The lowest BCUT2D eigenvalue weighted by Gasteiger charge is -2.24. The Kier molecular flexibility index (Phi) is 9.33. The number of hydrogen-bond acceptors (Lipinski definition) is 7. The van der Waals surface area contributed by atoms with Crippen LogP contribution in [-0.2, 0) is 4.79 Å². The van der Waals surface area contributed by atoms with Gasteiger partial charge in [-0.15, -0.1) is 0 Å². The maximum absolute atomic E-state index is 13.3. The van der Waals surface area contributed by atoms with Crippen LogP contribution in [0, 0.1) is 0 Å². The molecule has 0 saturated heterocycles. The van der Waals surface area contributed by atoms with E-state index < -0.39 is 0 Å². The van der Waals surface area contributed by atoms with E-state index in [0.29, 0.717) is 30.6 Å². The summed E-state index contributed by atoms with van der Waals surface area (Å²) in [6, 6.07) is 13.2. The Morgan fingerprint density at radius 1 is 0.879 bits per heavy atom. The molecule has 0 radical (unpaired) electrons. The van der Waals surface area contributed by atoms with Gasteiger partial charge in [0.15, 0.2) is 11.7 Å². The topological polar surface area (TPSA) is 64.1 Å². The molecule has 0 fully saturated rings. The van der Waals surface area contributed by atoms with Gasteiger partial charge in [-0.2, -0.15) is 0 Å². The number of likely N-dealkylation sites (N-methyl/N-ethyl adjacent to an activating group) is 1. The molecular weight excluding hydrogens is 438 g/mol. The number of anilines is 1. The lowest BCUT2D eigenvalue weighted by atomic mass is 10.3. The molecular formula is C25H33N3O4S. The van der Waals surface area contributed by atoms with Gasteiger partial charge in [0.05, 0.1) is 17.9 Å². The zero-order valence-corrected chi connectivity index (χ0v) is 20.7. The van der Waals surface area contributed by atoms with Crippen molar-refractivity contribution < 1.29 is 19.0 Å². The number of thiazole rings is 1. The minimum absolute atomic E-state index is 0.0690. The predicted octanol–water partition coefficient (Wildman–Crippen LogP) is 4.85. The first-order valence-electron chi connectivity index (χ1n) is 11.5. The first-order valence-corrected chi connectivity index (χ1v) is 12.3. The largest absolute Gasteiger partial charge is 0.494 e. The van der Waals surface area contributed by atoms with Gasteiger partial charge in [-0.05, 0) is 63.3 Å². The molecule has 0 saturated carbocycles. The van der Waals surface area contributed by atoms with Crippen LogP contribution in [0.5, 0.6) is 17.2 Å². The third kappa shape index (κ3) is 6.58. The van der Waals surface area contributed by atoms with Gasteiger partial charge in [0.1, 0.15) is 22.8 Å². The van der Waals surface area contributed by atoms with Gasteiger partial charge >= 0.3 is 0 Å². The molecule has 0 aliphatic carbocycles. The molecule has 1 amide bonds. The van der Waals surface area contributed by atoms with Gasteiger partial charge < -0.3 is 19.1 Å². The van der Waals surface area contributed by atoms with E-state index >= 15 is 0 Å². The van der Waals surface area contributed by atoms with Crippen molar-refractivity contribution in [1.29, 1.82) is 0 Å². The summed E-state index contributed by atoms with van der Waals surface area (Å²) in [7, 11) is 0. The van der Waals surface area contributed by atoms with Crippen LogP contribution in [0.1, 0.15) is 27.7 Å². The summed E-state index contributed by atoms with van der Waals surface area (Å²) in [5.74, 6) is 2.00. The Balaban J connectivity index is 1.79. The average Bonchev–Trinajstić information content (AvgIpc) is 3.26. The molecule has 8 heteroatoms. The van der Waals surface area contributed by atoms with Gasteiger partial charge in [0.25, 0.3) is 5.91 Å². The normalized spacial score (nSPS) is 11.1. The van der Waals surface area contributed by atoms with Crippen molar-refractivity contribution in [2.75, 3.05) is 50.9 Å². The highest BCUT2D eigenvalue weighted by molar-refractivity contribution is 7.22. The third-order valence-electron chi connectivity index (χ3n) is 5.23. The van der Waals surface area contributed by atoms with E-state index in [4.69, 9.17) is 19.2 Å². The Hall–Kier alpha value is -2.84. The van der Waals surface area contributed by atoms with Crippen LogP contribution in [0.25, 0.3) is 10.2 Å². The van der Waals surface area contributed by atoms with Crippen LogP contribution in [0.3, 0.4) is 0 Å². The van der Waals surface area contributed by atoms with Crippen molar-refractivity contribution in [1.82, 2.24) is 9.88 Å². The number of carbonyl (C=O) groups excluding carboxylic acids is 1. The number of amides is 1. The first kappa shape index (κ1) is 24.8. The van der Waals surface area contributed by atoms with E-state index in [1.807, 2.05) is 56.3 Å². The molecule has 0 N–H and O–H groups in total. The lowest BCUT2D eigenvalue weighted by molar-refractivity contribution is -0.120. The summed E-state index contributed by atoms with van der Waals surface area (Å²) in [5, 5.41) is 0.657.